The molecule has 0 bridgehead atoms. The third-order valence-electron chi connectivity index (χ3n) is 8.25. The Morgan fingerprint density at radius 3 is 2.43 bits per heavy atom. The first kappa shape index (κ1) is 32.9. The standard InChI is InChI=1S/C31H45N7O6/c1-17(2)12-25-31(44)38-16-20(39)14-26(38)30(43)33-11-7-6-9-22(32)28(41)35-18(3)27(40)36-24(29(42)37-25)13-19-15-34-23-10-5-4-8-21(19)23/h4-5,8,10,15,17-18,20,22,24-26,34,39H,6-7,9,11-14,16,32H2,1-3H3,(H,33,43)(H,35,41)(H,36,40)(H,37,42)/t18-,20-,22+,24+,25-,26+/m1/s1. The van der Waals surface area contributed by atoms with Gasteiger partial charge in [-0.3, -0.25) is 24.0 Å². The number of rotatable bonds is 4. The lowest BCUT2D eigenvalue weighted by molar-refractivity contribution is -0.142. The van der Waals surface area contributed by atoms with Crippen molar-refractivity contribution in [1.29, 1.82) is 0 Å². The highest BCUT2D eigenvalue weighted by molar-refractivity contribution is 5.96. The van der Waals surface area contributed by atoms with Gasteiger partial charge in [-0.15, -0.1) is 0 Å². The van der Waals surface area contributed by atoms with Crippen LogP contribution in [0.25, 0.3) is 10.9 Å². The van der Waals surface area contributed by atoms with E-state index in [-0.39, 0.29) is 37.6 Å². The van der Waals surface area contributed by atoms with Crippen molar-refractivity contribution in [1.82, 2.24) is 31.2 Å². The number of nitrogens with two attached hydrogens (primary N) is 1. The van der Waals surface area contributed by atoms with Crippen LogP contribution in [0.5, 0.6) is 0 Å². The van der Waals surface area contributed by atoms with Gasteiger partial charge in [-0.25, -0.2) is 0 Å². The fourth-order valence-corrected chi connectivity index (χ4v) is 5.83. The molecule has 3 heterocycles. The summed E-state index contributed by atoms with van der Waals surface area (Å²) in [6.07, 6.45) is 2.80. The molecule has 8 N–H and O–H groups in total. The summed E-state index contributed by atoms with van der Waals surface area (Å²) in [5.74, 6) is -2.50. The predicted molar refractivity (Wildman–Crippen MR) is 164 cm³/mol. The first-order chi connectivity index (χ1) is 20.9. The van der Waals surface area contributed by atoms with Gasteiger partial charge in [0.1, 0.15) is 24.2 Å². The minimum Gasteiger partial charge on any atom is -0.391 e. The number of H-pyrrole nitrogens is 1. The average Bonchev–Trinajstić information content (AvgIpc) is 3.58. The maximum absolute atomic E-state index is 13.9. The molecule has 2 aliphatic rings. The van der Waals surface area contributed by atoms with Crippen LogP contribution in [0, 0.1) is 5.92 Å². The van der Waals surface area contributed by atoms with Crippen molar-refractivity contribution in [3.05, 3.63) is 36.0 Å². The largest absolute Gasteiger partial charge is 0.391 e. The molecule has 6 atom stereocenters. The predicted octanol–water partition coefficient (Wildman–Crippen LogP) is -0.180. The second-order valence-corrected chi connectivity index (χ2v) is 12.3. The van der Waals surface area contributed by atoms with Crippen LogP contribution < -0.4 is 27.0 Å². The van der Waals surface area contributed by atoms with Gasteiger partial charge in [0, 0.05) is 43.0 Å². The van der Waals surface area contributed by atoms with E-state index in [9.17, 15) is 29.1 Å². The first-order valence-corrected chi connectivity index (χ1v) is 15.4. The zero-order valence-electron chi connectivity index (χ0n) is 25.6. The normalized spacial score (nSPS) is 28.4. The van der Waals surface area contributed by atoms with Crippen LogP contribution in [0.15, 0.2) is 30.5 Å². The highest BCUT2D eigenvalue weighted by atomic mass is 16.3. The van der Waals surface area contributed by atoms with Gasteiger partial charge in [0.15, 0.2) is 0 Å². The molecular weight excluding hydrogens is 566 g/mol. The quantitative estimate of drug-likeness (QED) is 0.249. The van der Waals surface area contributed by atoms with Crippen LogP contribution in [0.3, 0.4) is 0 Å². The number of aliphatic hydroxyl groups excluding tert-OH is 1. The van der Waals surface area contributed by atoms with Crippen LogP contribution >= 0.6 is 0 Å². The number of amides is 5. The highest BCUT2D eigenvalue weighted by Crippen LogP contribution is 2.22. The molecule has 0 unspecified atom stereocenters. The maximum atomic E-state index is 13.9. The molecule has 2 fully saturated rings. The summed E-state index contributed by atoms with van der Waals surface area (Å²) < 4.78 is 0. The van der Waals surface area contributed by atoms with Crippen molar-refractivity contribution in [3.8, 4) is 0 Å². The number of hydrogen-bond donors (Lipinski definition) is 7. The van der Waals surface area contributed by atoms with E-state index >= 15 is 0 Å². The van der Waals surface area contributed by atoms with Crippen molar-refractivity contribution in [2.45, 2.75) is 95.6 Å². The van der Waals surface area contributed by atoms with Crippen LogP contribution in [0.1, 0.15) is 58.4 Å². The first-order valence-electron chi connectivity index (χ1n) is 15.4. The molecule has 13 nitrogen and oxygen atoms in total. The maximum Gasteiger partial charge on any atom is 0.245 e. The van der Waals surface area contributed by atoms with Crippen molar-refractivity contribution in [2.75, 3.05) is 13.1 Å². The number of nitrogens with one attached hydrogen (secondary N) is 5. The molecule has 2 aliphatic heterocycles. The molecule has 0 aliphatic carbocycles. The van der Waals surface area contributed by atoms with Crippen molar-refractivity contribution in [2.24, 2.45) is 11.7 Å². The molecule has 5 amide bonds. The van der Waals surface area contributed by atoms with E-state index in [0.29, 0.717) is 25.8 Å². The molecule has 1 aromatic heterocycles. The second kappa shape index (κ2) is 14.7. The number of aliphatic hydroxyl groups is 1. The molecule has 240 valence electrons. The third-order valence-corrected chi connectivity index (χ3v) is 8.25. The zero-order valence-corrected chi connectivity index (χ0v) is 25.6. The van der Waals surface area contributed by atoms with Crippen molar-refractivity contribution < 1.29 is 29.1 Å². The lowest BCUT2D eigenvalue weighted by Crippen LogP contribution is -2.59. The summed E-state index contributed by atoms with van der Waals surface area (Å²) in [6.45, 7) is 5.62. The number of aromatic nitrogens is 1. The molecule has 0 radical (unpaired) electrons. The zero-order chi connectivity index (χ0) is 32.0. The summed E-state index contributed by atoms with van der Waals surface area (Å²) in [6, 6.07) is 2.75. The Kier molecular flexibility index (Phi) is 11.0. The van der Waals surface area contributed by atoms with Crippen LogP contribution in [-0.2, 0) is 30.4 Å². The summed E-state index contributed by atoms with van der Waals surface area (Å²) in [4.78, 5) is 71.4. The number of aromatic amines is 1. The van der Waals surface area contributed by atoms with Gasteiger partial charge in [-0.1, -0.05) is 32.0 Å². The number of para-hydroxylation sites is 1. The number of carbonyl (C=O) groups excluding carboxylic acids is 5. The molecule has 44 heavy (non-hydrogen) atoms. The Hall–Kier alpha value is -3.97. The van der Waals surface area contributed by atoms with E-state index in [1.807, 2.05) is 38.1 Å². The molecule has 0 spiro atoms. The fraction of sp³-hybridized carbons (Fsp3) is 0.581. The summed E-state index contributed by atoms with van der Waals surface area (Å²) in [5, 5.41) is 22.4. The van der Waals surface area contributed by atoms with Gasteiger partial charge in [0.2, 0.25) is 29.5 Å². The minimum absolute atomic E-state index is 0.00626. The van der Waals surface area contributed by atoms with Crippen molar-refractivity contribution in [3.63, 3.8) is 0 Å². The van der Waals surface area contributed by atoms with Gasteiger partial charge < -0.3 is 42.0 Å². The highest BCUT2D eigenvalue weighted by Gasteiger charge is 2.42. The van der Waals surface area contributed by atoms with Gasteiger partial charge in [-0.05, 0) is 50.2 Å². The molecule has 13 heteroatoms. The van der Waals surface area contributed by atoms with Gasteiger partial charge in [-0.2, -0.15) is 0 Å². The van der Waals surface area contributed by atoms with Crippen LogP contribution in [0.2, 0.25) is 0 Å². The third kappa shape index (κ3) is 8.14. The van der Waals surface area contributed by atoms with E-state index in [2.05, 4.69) is 26.3 Å². The SMILES string of the molecule is CC(C)C[C@H]1NC(=O)[C@H](Cc2c[nH]c3ccccc23)NC(=O)[C@@H](C)NC(=O)[C@@H](N)CCCCNC(=O)[C@@H]2C[C@@H](O)CN2C1=O. The van der Waals surface area contributed by atoms with E-state index in [0.717, 1.165) is 16.5 Å². The average molecular weight is 612 g/mol. The Morgan fingerprint density at radius 2 is 1.68 bits per heavy atom. The number of hydrogen-bond acceptors (Lipinski definition) is 7. The molecule has 0 saturated carbocycles. The topological polar surface area (TPSA) is 199 Å². The summed E-state index contributed by atoms with van der Waals surface area (Å²) in [5.41, 5.74) is 7.71. The Labute approximate surface area is 257 Å². The van der Waals surface area contributed by atoms with E-state index in [1.54, 1.807) is 6.20 Å². The Balaban J connectivity index is 1.66. The number of nitrogens with zero attached hydrogens (tertiary/aromatic N) is 1. The van der Waals surface area contributed by atoms with E-state index in [1.165, 1.54) is 11.8 Å². The molecule has 2 aromatic rings. The molecular formula is C31H45N7O6. The van der Waals surface area contributed by atoms with Gasteiger partial charge in [0.05, 0.1) is 12.1 Å². The number of carbonyl (C=O) groups is 5. The van der Waals surface area contributed by atoms with E-state index in [4.69, 9.17) is 5.73 Å². The van der Waals surface area contributed by atoms with Gasteiger partial charge >= 0.3 is 0 Å². The second-order valence-electron chi connectivity index (χ2n) is 12.3. The number of benzene rings is 1. The fourth-order valence-electron chi connectivity index (χ4n) is 5.83. The number of fused-ring (bicyclic) bond motifs is 2. The van der Waals surface area contributed by atoms with Crippen LogP contribution in [-0.4, -0.2) is 93.9 Å². The van der Waals surface area contributed by atoms with Gasteiger partial charge in [0.25, 0.3) is 0 Å². The summed E-state index contributed by atoms with van der Waals surface area (Å²) >= 11 is 0. The monoisotopic (exact) mass is 611 g/mol. The Bertz CT molecular complexity index is 1360. The molecule has 2 saturated heterocycles. The van der Waals surface area contributed by atoms with E-state index < -0.39 is 59.9 Å². The lowest BCUT2D eigenvalue weighted by atomic mass is 10.00. The summed E-state index contributed by atoms with van der Waals surface area (Å²) in [7, 11) is 0. The smallest absolute Gasteiger partial charge is 0.245 e. The van der Waals surface area contributed by atoms with Crippen molar-refractivity contribution >= 4 is 40.4 Å². The Morgan fingerprint density at radius 1 is 0.955 bits per heavy atom. The minimum atomic E-state index is -1.09. The van der Waals surface area contributed by atoms with Crippen LogP contribution in [0.4, 0.5) is 0 Å². The molecule has 4 rings (SSSR count). The molecule has 1 aromatic carbocycles. The lowest BCUT2D eigenvalue weighted by Gasteiger charge is -2.30.